The molecule has 1 saturated heterocycles. The van der Waals surface area contributed by atoms with Gasteiger partial charge in [-0.1, -0.05) is 42.1 Å². The molecule has 6 nitrogen and oxygen atoms in total. The predicted molar refractivity (Wildman–Crippen MR) is 121 cm³/mol. The molecule has 1 aliphatic rings. The van der Waals surface area contributed by atoms with Crippen LogP contribution in [0.2, 0.25) is 0 Å². The Morgan fingerprint density at radius 2 is 1.87 bits per heavy atom. The smallest absolute Gasteiger partial charge is 0.232 e. The first-order chi connectivity index (χ1) is 15.1. The molecule has 4 rings (SSSR count). The number of anilines is 1. The van der Waals surface area contributed by atoms with Crippen molar-refractivity contribution in [1.29, 1.82) is 0 Å². The van der Waals surface area contributed by atoms with Gasteiger partial charge in [0.25, 0.3) is 0 Å². The van der Waals surface area contributed by atoms with Crippen LogP contribution in [0.25, 0.3) is 5.69 Å². The fourth-order valence-corrected chi connectivity index (χ4v) is 4.43. The van der Waals surface area contributed by atoms with Gasteiger partial charge in [-0.15, -0.1) is 10.2 Å². The van der Waals surface area contributed by atoms with Crippen LogP contribution in [0, 0.1) is 12.7 Å². The quantitative estimate of drug-likeness (QED) is 0.561. The third-order valence-electron chi connectivity index (χ3n) is 5.31. The molecular formula is C23H26FN5OS. The minimum Gasteiger partial charge on any atom is -0.351 e. The van der Waals surface area contributed by atoms with E-state index < -0.39 is 0 Å². The van der Waals surface area contributed by atoms with E-state index in [1.165, 1.54) is 24.2 Å². The highest BCUT2D eigenvalue weighted by Gasteiger charge is 2.22. The standard InChI is InChI=1S/C23H26FN5OS/c1-17-14-18(10-11-20(17)24)15-25-21(30)16-31-23-27-26-22(28-12-6-3-7-13-28)29(23)19-8-4-2-5-9-19/h2,4-5,8-11,14H,3,6-7,12-13,15-16H2,1H3,(H,25,30). The van der Waals surface area contributed by atoms with E-state index in [4.69, 9.17) is 0 Å². The summed E-state index contributed by atoms with van der Waals surface area (Å²) in [5.41, 5.74) is 2.43. The Kier molecular flexibility index (Phi) is 6.86. The molecule has 3 aromatic rings. The molecule has 2 aromatic carbocycles. The molecule has 0 spiro atoms. The number of amides is 1. The summed E-state index contributed by atoms with van der Waals surface area (Å²) >= 11 is 1.37. The van der Waals surface area contributed by atoms with Crippen molar-refractivity contribution in [3.63, 3.8) is 0 Å². The van der Waals surface area contributed by atoms with E-state index in [1.807, 2.05) is 34.9 Å². The number of rotatable bonds is 7. The van der Waals surface area contributed by atoms with Gasteiger partial charge in [-0.05, 0) is 55.5 Å². The van der Waals surface area contributed by atoms with Gasteiger partial charge in [0.15, 0.2) is 5.16 Å². The minimum atomic E-state index is -0.240. The number of nitrogens with one attached hydrogen (secondary N) is 1. The normalized spacial score (nSPS) is 13.9. The zero-order valence-corrected chi connectivity index (χ0v) is 18.4. The lowest BCUT2D eigenvalue weighted by atomic mass is 10.1. The van der Waals surface area contributed by atoms with Crippen LogP contribution in [0.4, 0.5) is 10.3 Å². The second-order valence-corrected chi connectivity index (χ2v) is 8.59. The fourth-order valence-electron chi connectivity index (χ4n) is 3.66. The number of aromatic nitrogens is 3. The van der Waals surface area contributed by atoms with Crippen molar-refractivity contribution < 1.29 is 9.18 Å². The molecule has 0 atom stereocenters. The molecule has 0 saturated carbocycles. The van der Waals surface area contributed by atoms with Crippen molar-refractivity contribution in [3.8, 4) is 5.69 Å². The molecule has 31 heavy (non-hydrogen) atoms. The number of benzene rings is 2. The number of carbonyl (C=O) groups is 1. The SMILES string of the molecule is Cc1cc(CNC(=O)CSc2nnc(N3CCCCC3)n2-c2ccccc2)ccc1F. The van der Waals surface area contributed by atoms with E-state index in [2.05, 4.69) is 20.4 Å². The Bertz CT molecular complexity index is 1030. The van der Waals surface area contributed by atoms with Crippen LogP contribution in [0.5, 0.6) is 0 Å². The van der Waals surface area contributed by atoms with Gasteiger partial charge in [0.1, 0.15) is 5.82 Å². The Morgan fingerprint density at radius 3 is 2.61 bits per heavy atom. The topological polar surface area (TPSA) is 63.1 Å². The molecule has 2 heterocycles. The second kappa shape index (κ2) is 9.96. The molecule has 1 amide bonds. The highest BCUT2D eigenvalue weighted by atomic mass is 32.2. The lowest BCUT2D eigenvalue weighted by molar-refractivity contribution is -0.118. The van der Waals surface area contributed by atoms with Crippen LogP contribution in [-0.2, 0) is 11.3 Å². The summed E-state index contributed by atoms with van der Waals surface area (Å²) in [6.07, 6.45) is 3.54. The maximum Gasteiger partial charge on any atom is 0.232 e. The average molecular weight is 440 g/mol. The van der Waals surface area contributed by atoms with Crippen LogP contribution < -0.4 is 10.2 Å². The van der Waals surface area contributed by atoms with Gasteiger partial charge in [-0.2, -0.15) is 0 Å². The van der Waals surface area contributed by atoms with E-state index >= 15 is 0 Å². The van der Waals surface area contributed by atoms with E-state index in [-0.39, 0.29) is 17.5 Å². The number of aryl methyl sites for hydroxylation is 1. The first-order valence-electron chi connectivity index (χ1n) is 10.5. The summed E-state index contributed by atoms with van der Waals surface area (Å²) in [4.78, 5) is 14.7. The van der Waals surface area contributed by atoms with Crippen molar-refractivity contribution >= 4 is 23.6 Å². The third kappa shape index (κ3) is 5.25. The van der Waals surface area contributed by atoms with Gasteiger partial charge in [-0.3, -0.25) is 9.36 Å². The first-order valence-corrected chi connectivity index (χ1v) is 11.5. The number of para-hydroxylation sites is 1. The zero-order chi connectivity index (χ0) is 21.6. The van der Waals surface area contributed by atoms with E-state index in [0.717, 1.165) is 43.1 Å². The van der Waals surface area contributed by atoms with Crippen molar-refractivity contribution in [1.82, 2.24) is 20.1 Å². The zero-order valence-electron chi connectivity index (χ0n) is 17.6. The molecule has 1 aromatic heterocycles. The Hall–Kier alpha value is -2.87. The highest BCUT2D eigenvalue weighted by Crippen LogP contribution is 2.28. The minimum absolute atomic E-state index is 0.103. The second-order valence-electron chi connectivity index (χ2n) is 7.65. The van der Waals surface area contributed by atoms with E-state index in [1.54, 1.807) is 19.1 Å². The molecule has 1 aliphatic heterocycles. The Morgan fingerprint density at radius 1 is 1.10 bits per heavy atom. The van der Waals surface area contributed by atoms with E-state index in [9.17, 15) is 9.18 Å². The summed E-state index contributed by atoms with van der Waals surface area (Å²) in [5.74, 6) is 0.714. The van der Waals surface area contributed by atoms with Gasteiger partial charge in [-0.25, -0.2) is 4.39 Å². The molecule has 0 bridgehead atoms. The van der Waals surface area contributed by atoms with Crippen LogP contribution in [-0.4, -0.2) is 39.5 Å². The lowest BCUT2D eigenvalue weighted by Gasteiger charge is -2.27. The van der Waals surface area contributed by atoms with Crippen LogP contribution in [0.15, 0.2) is 53.7 Å². The van der Waals surface area contributed by atoms with Gasteiger partial charge in [0, 0.05) is 19.6 Å². The van der Waals surface area contributed by atoms with Crippen LogP contribution >= 0.6 is 11.8 Å². The van der Waals surface area contributed by atoms with Gasteiger partial charge in [0.2, 0.25) is 11.9 Å². The van der Waals surface area contributed by atoms with Gasteiger partial charge in [0.05, 0.1) is 11.4 Å². The lowest BCUT2D eigenvalue weighted by Crippen LogP contribution is -2.31. The summed E-state index contributed by atoms with van der Waals surface area (Å²) in [5, 5.41) is 12.4. The highest BCUT2D eigenvalue weighted by molar-refractivity contribution is 7.99. The number of nitrogens with zero attached hydrogens (tertiary/aromatic N) is 4. The number of hydrogen-bond donors (Lipinski definition) is 1. The number of halogens is 1. The summed E-state index contributed by atoms with van der Waals surface area (Å²) in [7, 11) is 0. The van der Waals surface area contributed by atoms with Gasteiger partial charge < -0.3 is 10.2 Å². The molecular weight excluding hydrogens is 413 g/mol. The largest absolute Gasteiger partial charge is 0.351 e. The molecule has 0 unspecified atom stereocenters. The van der Waals surface area contributed by atoms with Gasteiger partial charge >= 0.3 is 0 Å². The Balaban J connectivity index is 1.44. The molecule has 8 heteroatoms. The van der Waals surface area contributed by atoms with Crippen molar-refractivity contribution in [2.45, 2.75) is 37.9 Å². The molecule has 1 fully saturated rings. The molecule has 0 radical (unpaired) electrons. The summed E-state index contributed by atoms with van der Waals surface area (Å²) < 4.78 is 15.4. The van der Waals surface area contributed by atoms with Crippen molar-refractivity contribution in [2.75, 3.05) is 23.7 Å². The van der Waals surface area contributed by atoms with Crippen molar-refractivity contribution in [2.24, 2.45) is 0 Å². The maximum absolute atomic E-state index is 13.4. The fraction of sp³-hybridized carbons (Fsp3) is 0.348. The molecule has 162 valence electrons. The number of piperidine rings is 1. The van der Waals surface area contributed by atoms with Crippen molar-refractivity contribution in [3.05, 3.63) is 65.5 Å². The summed E-state index contributed by atoms with van der Waals surface area (Å²) in [6.45, 7) is 4.01. The predicted octanol–water partition coefficient (Wildman–Crippen LogP) is 4.11. The number of thioether (sulfide) groups is 1. The number of carbonyl (C=O) groups excluding carboxylic acids is 1. The monoisotopic (exact) mass is 439 g/mol. The first kappa shape index (κ1) is 21.4. The van der Waals surface area contributed by atoms with Crippen LogP contribution in [0.3, 0.4) is 0 Å². The van der Waals surface area contributed by atoms with E-state index in [0.29, 0.717) is 17.3 Å². The molecule has 0 aliphatic carbocycles. The number of hydrogen-bond acceptors (Lipinski definition) is 5. The van der Waals surface area contributed by atoms with Crippen LogP contribution in [0.1, 0.15) is 30.4 Å². The average Bonchev–Trinajstić information content (AvgIpc) is 3.23. The maximum atomic E-state index is 13.4. The third-order valence-corrected chi connectivity index (χ3v) is 6.24. The summed E-state index contributed by atoms with van der Waals surface area (Å²) in [6, 6.07) is 14.9. The molecule has 1 N–H and O–H groups in total. The Labute approximate surface area is 185 Å².